The SMILES string of the molecule is Cc1cc(C)n2nc(CC3=C(O)CC(CCc4ccc(S(=O)C(F)(F)F)cc4)(C4CCCC4)OC3=O)nc2n1. The van der Waals surface area contributed by atoms with Crippen LogP contribution in [0.2, 0.25) is 0 Å². The van der Waals surface area contributed by atoms with Crippen molar-refractivity contribution in [2.45, 2.75) is 81.2 Å². The quantitative estimate of drug-likeness (QED) is 0.393. The number of aryl methyl sites for hydroxylation is 3. The lowest BCUT2D eigenvalue weighted by molar-refractivity contribution is -0.167. The Hall–Kier alpha value is -3.28. The number of cyclic esters (lactones) is 1. The van der Waals surface area contributed by atoms with Crippen LogP contribution in [0.3, 0.4) is 0 Å². The standard InChI is InChI=1S/C27H29F3N4O4S/c1-16-13-17(2)34-25(31-16)32-23(33-34)14-21-22(35)15-26(38-24(21)36,19-5-3-4-6-19)12-11-18-7-9-20(10-8-18)39(37)27(28,29)30/h7-10,13,19,35H,3-6,11-12,14-15H2,1-2H3. The van der Waals surface area contributed by atoms with Crippen molar-refractivity contribution < 1.29 is 32.0 Å². The molecule has 2 aliphatic rings. The normalized spacial score (nSPS) is 21.5. The summed E-state index contributed by atoms with van der Waals surface area (Å²) in [5.41, 5.74) is -3.25. The second-order valence-corrected chi connectivity index (χ2v) is 11.8. The number of nitrogens with zero attached hydrogens (tertiary/aromatic N) is 4. The molecule has 2 atom stereocenters. The van der Waals surface area contributed by atoms with Crippen LogP contribution in [0.5, 0.6) is 0 Å². The number of hydrogen-bond acceptors (Lipinski definition) is 7. The van der Waals surface area contributed by atoms with Crippen molar-refractivity contribution in [3.05, 3.63) is 64.4 Å². The summed E-state index contributed by atoms with van der Waals surface area (Å²) in [5, 5.41) is 15.5. The van der Waals surface area contributed by atoms with Gasteiger partial charge < -0.3 is 9.84 Å². The number of alkyl halides is 3. The van der Waals surface area contributed by atoms with Crippen molar-refractivity contribution >= 4 is 22.5 Å². The Bertz CT molecular complexity index is 1460. The highest BCUT2D eigenvalue weighted by Gasteiger charge is 2.48. The highest BCUT2D eigenvalue weighted by atomic mass is 32.2. The second kappa shape index (κ2) is 10.4. The molecule has 1 N–H and O–H groups in total. The van der Waals surface area contributed by atoms with E-state index >= 15 is 0 Å². The third-order valence-electron chi connectivity index (χ3n) is 7.64. The van der Waals surface area contributed by atoms with E-state index in [0.717, 1.165) is 42.6 Å². The minimum absolute atomic E-state index is 0.00503. The Morgan fingerprint density at radius 2 is 1.85 bits per heavy atom. The fraction of sp³-hybridized carbons (Fsp3) is 0.481. The summed E-state index contributed by atoms with van der Waals surface area (Å²) in [6, 6.07) is 7.32. The van der Waals surface area contributed by atoms with Crippen molar-refractivity contribution in [3.8, 4) is 0 Å². The van der Waals surface area contributed by atoms with Crippen molar-refractivity contribution in [2.75, 3.05) is 0 Å². The molecule has 0 radical (unpaired) electrons. The molecule has 0 saturated heterocycles. The smallest absolute Gasteiger partial charge is 0.475 e. The highest BCUT2D eigenvalue weighted by molar-refractivity contribution is 7.86. The first-order valence-corrected chi connectivity index (χ1v) is 14.0. The van der Waals surface area contributed by atoms with Gasteiger partial charge in [0.15, 0.2) is 16.6 Å². The number of carbonyl (C=O) groups is 1. The van der Waals surface area contributed by atoms with E-state index in [0.29, 0.717) is 24.4 Å². The molecular weight excluding hydrogens is 533 g/mol. The molecule has 2 aromatic heterocycles. The molecule has 1 aromatic carbocycles. The van der Waals surface area contributed by atoms with E-state index in [1.54, 1.807) is 4.52 Å². The van der Waals surface area contributed by atoms with Crippen LogP contribution in [0.25, 0.3) is 5.78 Å². The molecule has 8 nitrogen and oxygen atoms in total. The summed E-state index contributed by atoms with van der Waals surface area (Å²) in [6.07, 6.45) is 4.69. The first-order chi connectivity index (χ1) is 18.4. The van der Waals surface area contributed by atoms with Gasteiger partial charge >= 0.3 is 11.5 Å². The number of aliphatic hydroxyl groups is 1. The van der Waals surface area contributed by atoms with Crippen LogP contribution in [0.15, 0.2) is 46.6 Å². The van der Waals surface area contributed by atoms with Crippen LogP contribution in [-0.2, 0) is 33.2 Å². The molecule has 208 valence electrons. The van der Waals surface area contributed by atoms with Crippen LogP contribution >= 0.6 is 0 Å². The van der Waals surface area contributed by atoms with E-state index in [4.69, 9.17) is 4.74 Å². The highest BCUT2D eigenvalue weighted by Crippen LogP contribution is 2.46. The van der Waals surface area contributed by atoms with Crippen LogP contribution in [0.4, 0.5) is 13.2 Å². The molecule has 1 saturated carbocycles. The fourth-order valence-corrected chi connectivity index (χ4v) is 6.35. The topological polar surface area (TPSA) is 107 Å². The van der Waals surface area contributed by atoms with Gasteiger partial charge in [0, 0.05) is 29.1 Å². The maximum Gasteiger partial charge on any atom is 0.475 e. The number of aromatic nitrogens is 4. The minimum Gasteiger partial charge on any atom is -0.512 e. The summed E-state index contributed by atoms with van der Waals surface area (Å²) in [6.45, 7) is 3.74. The predicted molar refractivity (Wildman–Crippen MR) is 136 cm³/mol. The molecule has 12 heteroatoms. The maximum atomic E-state index is 13.3. The minimum atomic E-state index is -4.82. The fourth-order valence-electron chi connectivity index (χ4n) is 5.70. The Labute approximate surface area is 225 Å². The number of esters is 1. The van der Waals surface area contributed by atoms with Gasteiger partial charge in [-0.1, -0.05) is 25.0 Å². The molecule has 39 heavy (non-hydrogen) atoms. The molecule has 0 bridgehead atoms. The number of benzene rings is 1. The Kier molecular flexibility index (Phi) is 7.25. The molecule has 1 aliphatic heterocycles. The van der Waals surface area contributed by atoms with Crippen molar-refractivity contribution in [2.24, 2.45) is 5.92 Å². The van der Waals surface area contributed by atoms with E-state index in [9.17, 15) is 27.3 Å². The zero-order chi connectivity index (χ0) is 27.9. The van der Waals surface area contributed by atoms with Gasteiger partial charge in [-0.15, -0.1) is 5.10 Å². The number of carbonyl (C=O) groups excluding carboxylic acids is 1. The molecule has 5 rings (SSSR count). The zero-order valence-corrected chi connectivity index (χ0v) is 22.4. The van der Waals surface area contributed by atoms with Gasteiger partial charge in [0.2, 0.25) is 0 Å². The molecule has 2 unspecified atom stereocenters. The van der Waals surface area contributed by atoms with Gasteiger partial charge in [0.25, 0.3) is 5.78 Å². The summed E-state index contributed by atoms with van der Waals surface area (Å²) >= 11 is 0. The third kappa shape index (κ3) is 5.57. The summed E-state index contributed by atoms with van der Waals surface area (Å²) in [5.74, 6) is 0.164. The van der Waals surface area contributed by atoms with Crippen LogP contribution in [0.1, 0.15) is 61.3 Å². The Morgan fingerprint density at radius 3 is 2.49 bits per heavy atom. The molecule has 0 amide bonds. The molecule has 0 spiro atoms. The number of aliphatic hydroxyl groups excluding tert-OH is 1. The van der Waals surface area contributed by atoms with E-state index in [-0.39, 0.29) is 35.0 Å². The molecule has 3 aromatic rings. The predicted octanol–water partition coefficient (Wildman–Crippen LogP) is 5.23. The number of rotatable bonds is 7. The molecular formula is C27H29F3N4O4S. The largest absolute Gasteiger partial charge is 0.512 e. The van der Waals surface area contributed by atoms with E-state index in [2.05, 4.69) is 15.1 Å². The Balaban J connectivity index is 1.36. The van der Waals surface area contributed by atoms with Gasteiger partial charge in [-0.3, -0.25) is 0 Å². The monoisotopic (exact) mass is 562 g/mol. The first-order valence-electron chi connectivity index (χ1n) is 12.9. The average Bonchev–Trinajstić information content (AvgIpc) is 3.55. The van der Waals surface area contributed by atoms with E-state index in [1.165, 1.54) is 24.3 Å². The molecule has 3 heterocycles. The van der Waals surface area contributed by atoms with Crippen molar-refractivity contribution in [3.63, 3.8) is 0 Å². The Morgan fingerprint density at radius 1 is 1.15 bits per heavy atom. The van der Waals surface area contributed by atoms with Gasteiger partial charge in [-0.2, -0.15) is 18.2 Å². The van der Waals surface area contributed by atoms with Gasteiger partial charge in [0.05, 0.1) is 5.57 Å². The molecule has 1 fully saturated rings. The van der Waals surface area contributed by atoms with Crippen LogP contribution in [0, 0.1) is 19.8 Å². The maximum absolute atomic E-state index is 13.3. The van der Waals surface area contributed by atoms with Crippen LogP contribution in [-0.4, -0.2) is 46.0 Å². The third-order valence-corrected chi connectivity index (χ3v) is 8.76. The van der Waals surface area contributed by atoms with Gasteiger partial charge in [0.1, 0.15) is 11.4 Å². The van der Waals surface area contributed by atoms with E-state index < -0.39 is 27.9 Å². The first kappa shape index (κ1) is 27.3. The number of hydrogen-bond donors (Lipinski definition) is 1. The van der Waals surface area contributed by atoms with Gasteiger partial charge in [-0.25, -0.2) is 18.5 Å². The van der Waals surface area contributed by atoms with Gasteiger partial charge in [-0.05, 0) is 69.2 Å². The lowest BCUT2D eigenvalue weighted by Gasteiger charge is -2.41. The summed E-state index contributed by atoms with van der Waals surface area (Å²) < 4.78 is 57.7. The average molecular weight is 563 g/mol. The number of ether oxygens (including phenoxy) is 1. The van der Waals surface area contributed by atoms with E-state index in [1.807, 2.05) is 19.9 Å². The zero-order valence-electron chi connectivity index (χ0n) is 21.6. The van der Waals surface area contributed by atoms with Crippen molar-refractivity contribution in [1.29, 1.82) is 0 Å². The van der Waals surface area contributed by atoms with Crippen molar-refractivity contribution in [1.82, 2.24) is 19.6 Å². The summed E-state index contributed by atoms with van der Waals surface area (Å²) in [7, 11) is -3.09. The lowest BCUT2D eigenvalue weighted by Crippen LogP contribution is -2.46. The molecule has 1 aliphatic carbocycles. The second-order valence-electron chi connectivity index (χ2n) is 10.4. The number of fused-ring (bicyclic) bond motifs is 1. The summed E-state index contributed by atoms with van der Waals surface area (Å²) in [4.78, 5) is 21.8. The lowest BCUT2D eigenvalue weighted by atomic mass is 9.76. The van der Waals surface area contributed by atoms with Crippen LogP contribution < -0.4 is 0 Å². The number of halogens is 3.